The Morgan fingerprint density at radius 3 is 2.92 bits per heavy atom. The molecule has 0 bridgehead atoms. The SMILES string of the molecule is NCc1cc(N)cc2c1OCO2. The van der Waals surface area contributed by atoms with E-state index in [-0.39, 0.29) is 6.79 Å². The summed E-state index contributed by atoms with van der Waals surface area (Å²) < 4.78 is 10.4. The van der Waals surface area contributed by atoms with Crippen molar-refractivity contribution in [1.29, 1.82) is 0 Å². The summed E-state index contributed by atoms with van der Waals surface area (Å²) in [5.74, 6) is 1.42. The zero-order valence-electron chi connectivity index (χ0n) is 6.54. The van der Waals surface area contributed by atoms with E-state index in [1.807, 2.05) is 0 Å². The van der Waals surface area contributed by atoms with E-state index in [1.54, 1.807) is 12.1 Å². The predicted octanol–water partition coefficient (Wildman–Crippen LogP) is 0.456. The average molecular weight is 166 g/mol. The molecule has 0 atom stereocenters. The van der Waals surface area contributed by atoms with E-state index in [1.165, 1.54) is 0 Å². The number of ether oxygens (including phenoxy) is 2. The smallest absolute Gasteiger partial charge is 0.231 e. The zero-order valence-corrected chi connectivity index (χ0v) is 6.54. The van der Waals surface area contributed by atoms with Gasteiger partial charge in [-0.1, -0.05) is 0 Å². The molecule has 1 aromatic rings. The van der Waals surface area contributed by atoms with E-state index in [4.69, 9.17) is 20.9 Å². The molecule has 2 rings (SSSR count). The quantitative estimate of drug-likeness (QED) is 0.594. The molecule has 0 amide bonds. The summed E-state index contributed by atoms with van der Waals surface area (Å²) in [4.78, 5) is 0. The molecular formula is C8H10N2O2. The van der Waals surface area contributed by atoms with Gasteiger partial charge in [0.25, 0.3) is 0 Å². The standard InChI is InChI=1S/C8H10N2O2/c9-3-5-1-6(10)2-7-8(5)12-4-11-7/h1-2H,3-4,9-10H2. The first kappa shape index (κ1) is 7.24. The maximum Gasteiger partial charge on any atom is 0.231 e. The van der Waals surface area contributed by atoms with Crippen molar-refractivity contribution in [3.63, 3.8) is 0 Å². The van der Waals surface area contributed by atoms with Crippen LogP contribution in [0.3, 0.4) is 0 Å². The summed E-state index contributed by atoms with van der Waals surface area (Å²) in [6, 6.07) is 3.54. The van der Waals surface area contributed by atoms with Crippen LogP contribution in [0.15, 0.2) is 12.1 Å². The molecule has 0 aromatic heterocycles. The number of hydrogen-bond acceptors (Lipinski definition) is 4. The van der Waals surface area contributed by atoms with Crippen LogP contribution in [0.4, 0.5) is 5.69 Å². The minimum Gasteiger partial charge on any atom is -0.454 e. The number of nitrogen functional groups attached to an aromatic ring is 1. The van der Waals surface area contributed by atoms with Gasteiger partial charge in [0.1, 0.15) is 0 Å². The normalized spacial score (nSPS) is 13.4. The Kier molecular flexibility index (Phi) is 1.55. The molecule has 1 aliphatic heterocycles. The van der Waals surface area contributed by atoms with Gasteiger partial charge in [-0.25, -0.2) is 0 Å². The fourth-order valence-corrected chi connectivity index (χ4v) is 1.26. The zero-order chi connectivity index (χ0) is 8.55. The highest BCUT2D eigenvalue weighted by atomic mass is 16.7. The van der Waals surface area contributed by atoms with Crippen molar-refractivity contribution in [3.8, 4) is 11.5 Å². The Bertz CT molecular complexity index is 312. The third-order valence-electron chi connectivity index (χ3n) is 1.79. The molecule has 1 aliphatic rings. The first-order valence-electron chi connectivity index (χ1n) is 3.69. The highest BCUT2D eigenvalue weighted by Gasteiger charge is 2.17. The van der Waals surface area contributed by atoms with E-state index in [2.05, 4.69) is 0 Å². The van der Waals surface area contributed by atoms with E-state index >= 15 is 0 Å². The molecule has 1 heterocycles. The van der Waals surface area contributed by atoms with E-state index in [0.717, 1.165) is 11.3 Å². The molecule has 0 spiro atoms. The van der Waals surface area contributed by atoms with Crippen LogP contribution < -0.4 is 20.9 Å². The topological polar surface area (TPSA) is 70.5 Å². The van der Waals surface area contributed by atoms with Crippen LogP contribution in [0, 0.1) is 0 Å². The van der Waals surface area contributed by atoms with Crippen molar-refractivity contribution in [2.45, 2.75) is 6.54 Å². The number of fused-ring (bicyclic) bond motifs is 1. The van der Waals surface area contributed by atoms with Crippen LogP contribution >= 0.6 is 0 Å². The third kappa shape index (κ3) is 0.967. The number of benzene rings is 1. The Morgan fingerprint density at radius 1 is 1.33 bits per heavy atom. The first-order chi connectivity index (χ1) is 5.81. The Labute approximate surface area is 70.1 Å². The molecule has 0 aliphatic carbocycles. The van der Waals surface area contributed by atoms with Gasteiger partial charge >= 0.3 is 0 Å². The van der Waals surface area contributed by atoms with Gasteiger partial charge in [-0.15, -0.1) is 0 Å². The van der Waals surface area contributed by atoms with Gasteiger partial charge in [0.15, 0.2) is 11.5 Å². The lowest BCUT2D eigenvalue weighted by Gasteiger charge is -2.03. The molecule has 4 N–H and O–H groups in total. The second-order valence-corrected chi connectivity index (χ2v) is 2.62. The Hall–Kier alpha value is -1.42. The van der Waals surface area contributed by atoms with Crippen LogP contribution in [0.1, 0.15) is 5.56 Å². The van der Waals surface area contributed by atoms with Gasteiger partial charge < -0.3 is 20.9 Å². The van der Waals surface area contributed by atoms with Gasteiger partial charge in [-0.2, -0.15) is 0 Å². The van der Waals surface area contributed by atoms with Crippen LogP contribution in [-0.4, -0.2) is 6.79 Å². The van der Waals surface area contributed by atoms with Gasteiger partial charge in [-0.3, -0.25) is 0 Å². The third-order valence-corrected chi connectivity index (χ3v) is 1.79. The summed E-state index contributed by atoms with van der Waals surface area (Å²) in [6.07, 6.45) is 0. The maximum atomic E-state index is 5.62. The summed E-state index contributed by atoms with van der Waals surface area (Å²) in [5.41, 5.74) is 12.7. The molecule has 0 fully saturated rings. The highest BCUT2D eigenvalue weighted by Crippen LogP contribution is 2.37. The lowest BCUT2D eigenvalue weighted by Crippen LogP contribution is -2.00. The van der Waals surface area contributed by atoms with Gasteiger partial charge in [0, 0.05) is 23.9 Å². The lowest BCUT2D eigenvalue weighted by molar-refractivity contribution is 0.173. The molecular weight excluding hydrogens is 156 g/mol. The van der Waals surface area contributed by atoms with Crippen LogP contribution in [0.2, 0.25) is 0 Å². The minimum atomic E-state index is 0.256. The lowest BCUT2D eigenvalue weighted by atomic mass is 10.1. The molecule has 4 nitrogen and oxygen atoms in total. The minimum absolute atomic E-state index is 0.256. The van der Waals surface area contributed by atoms with Crippen molar-refractivity contribution in [2.24, 2.45) is 5.73 Å². The summed E-state index contributed by atoms with van der Waals surface area (Å²) in [6.45, 7) is 0.669. The molecule has 1 aromatic carbocycles. The second-order valence-electron chi connectivity index (χ2n) is 2.62. The van der Waals surface area contributed by atoms with Crippen molar-refractivity contribution < 1.29 is 9.47 Å². The van der Waals surface area contributed by atoms with Gasteiger partial charge in [-0.05, 0) is 6.07 Å². The second kappa shape index (κ2) is 2.57. The number of anilines is 1. The number of hydrogen-bond donors (Lipinski definition) is 2. The number of rotatable bonds is 1. The predicted molar refractivity (Wildman–Crippen MR) is 44.9 cm³/mol. The van der Waals surface area contributed by atoms with Gasteiger partial charge in [0.2, 0.25) is 6.79 Å². The molecule has 12 heavy (non-hydrogen) atoms. The largest absolute Gasteiger partial charge is 0.454 e. The molecule has 64 valence electrons. The Balaban J connectivity index is 2.55. The summed E-state index contributed by atoms with van der Waals surface area (Å²) in [7, 11) is 0. The fraction of sp³-hybridized carbons (Fsp3) is 0.250. The molecule has 0 unspecified atom stereocenters. The molecule has 4 heteroatoms. The number of nitrogens with two attached hydrogens (primary N) is 2. The highest BCUT2D eigenvalue weighted by molar-refractivity contribution is 5.57. The van der Waals surface area contributed by atoms with Crippen molar-refractivity contribution in [2.75, 3.05) is 12.5 Å². The van der Waals surface area contributed by atoms with Crippen molar-refractivity contribution in [1.82, 2.24) is 0 Å². The van der Waals surface area contributed by atoms with Crippen molar-refractivity contribution in [3.05, 3.63) is 17.7 Å². The van der Waals surface area contributed by atoms with Crippen LogP contribution in [0.5, 0.6) is 11.5 Å². The van der Waals surface area contributed by atoms with E-state index in [9.17, 15) is 0 Å². The summed E-state index contributed by atoms with van der Waals surface area (Å²) in [5, 5.41) is 0. The van der Waals surface area contributed by atoms with Gasteiger partial charge in [0.05, 0.1) is 0 Å². The summed E-state index contributed by atoms with van der Waals surface area (Å²) >= 11 is 0. The van der Waals surface area contributed by atoms with Crippen LogP contribution in [-0.2, 0) is 6.54 Å². The average Bonchev–Trinajstić information content (AvgIpc) is 2.50. The fourth-order valence-electron chi connectivity index (χ4n) is 1.26. The molecule has 0 radical (unpaired) electrons. The Morgan fingerprint density at radius 2 is 2.17 bits per heavy atom. The monoisotopic (exact) mass is 166 g/mol. The van der Waals surface area contributed by atoms with Crippen LogP contribution in [0.25, 0.3) is 0 Å². The first-order valence-corrected chi connectivity index (χ1v) is 3.69. The van der Waals surface area contributed by atoms with E-state index in [0.29, 0.717) is 18.0 Å². The molecule has 0 saturated carbocycles. The van der Waals surface area contributed by atoms with E-state index < -0.39 is 0 Å². The molecule has 0 saturated heterocycles. The maximum absolute atomic E-state index is 5.62. The van der Waals surface area contributed by atoms with Crippen molar-refractivity contribution >= 4 is 5.69 Å².